The summed E-state index contributed by atoms with van der Waals surface area (Å²) in [5, 5.41) is 9.77. The zero-order chi connectivity index (χ0) is 13.3. The van der Waals surface area contributed by atoms with Crippen LogP contribution < -0.4 is 5.32 Å². The predicted octanol–water partition coefficient (Wildman–Crippen LogP) is 3.23. The van der Waals surface area contributed by atoms with Crippen molar-refractivity contribution < 1.29 is 4.79 Å². The Kier molecular flexibility index (Phi) is 3.73. The summed E-state index contributed by atoms with van der Waals surface area (Å²) in [6.07, 6.45) is 0. The molecule has 1 atom stereocenters. The zero-order valence-electron chi connectivity index (χ0n) is 10.4. The molecule has 0 aliphatic rings. The summed E-state index contributed by atoms with van der Waals surface area (Å²) in [7, 11) is 0. The molecule has 0 saturated carbocycles. The molecule has 0 aliphatic carbocycles. The van der Waals surface area contributed by atoms with Gasteiger partial charge in [-0.25, -0.2) is 0 Å². The molecule has 2 N–H and O–H groups in total. The lowest BCUT2D eigenvalue weighted by molar-refractivity contribution is 0.0939. The third-order valence-electron chi connectivity index (χ3n) is 2.72. The van der Waals surface area contributed by atoms with Gasteiger partial charge < -0.3 is 5.32 Å². The second kappa shape index (κ2) is 5.12. The van der Waals surface area contributed by atoms with Gasteiger partial charge in [-0.3, -0.25) is 9.89 Å². The van der Waals surface area contributed by atoms with Crippen molar-refractivity contribution >= 4 is 28.8 Å². The van der Waals surface area contributed by atoms with Crippen molar-refractivity contribution in [2.24, 2.45) is 0 Å². The maximum absolute atomic E-state index is 12.1. The molecule has 2 rings (SSSR count). The molecule has 0 saturated heterocycles. The minimum Gasteiger partial charge on any atom is -0.345 e. The van der Waals surface area contributed by atoms with Crippen LogP contribution in [0.3, 0.4) is 0 Å². The molecule has 6 heteroatoms. The van der Waals surface area contributed by atoms with Gasteiger partial charge in [0.15, 0.2) is 0 Å². The molecule has 18 heavy (non-hydrogen) atoms. The highest BCUT2D eigenvalue weighted by molar-refractivity contribution is 7.16. The summed E-state index contributed by atoms with van der Waals surface area (Å²) < 4.78 is 0.724. The van der Waals surface area contributed by atoms with Gasteiger partial charge in [-0.2, -0.15) is 5.10 Å². The number of H-pyrrole nitrogens is 1. The van der Waals surface area contributed by atoms with E-state index < -0.39 is 0 Å². The highest BCUT2D eigenvalue weighted by Gasteiger charge is 2.18. The lowest BCUT2D eigenvalue weighted by atomic mass is 10.1. The molecule has 0 spiro atoms. The van der Waals surface area contributed by atoms with Crippen LogP contribution in [0.25, 0.3) is 0 Å². The topological polar surface area (TPSA) is 57.8 Å². The first-order valence-corrected chi connectivity index (χ1v) is 6.76. The number of nitrogens with one attached hydrogen (secondary N) is 2. The molecule has 0 fully saturated rings. The number of carbonyl (C=O) groups is 1. The third-order valence-corrected chi connectivity index (χ3v) is 4.14. The standard InChI is InChI=1S/C12H14ClN3OS/c1-6(9-4-5-10(13)18-9)14-12(17)11-7(2)15-16-8(11)3/h4-6H,1-3H3,(H,14,17)(H,15,16). The van der Waals surface area contributed by atoms with E-state index in [1.54, 1.807) is 0 Å². The van der Waals surface area contributed by atoms with Gasteiger partial charge in [0.1, 0.15) is 0 Å². The van der Waals surface area contributed by atoms with E-state index in [-0.39, 0.29) is 11.9 Å². The highest BCUT2D eigenvalue weighted by atomic mass is 35.5. The molecule has 0 aromatic carbocycles. The molecule has 4 nitrogen and oxygen atoms in total. The van der Waals surface area contributed by atoms with E-state index in [2.05, 4.69) is 15.5 Å². The lowest BCUT2D eigenvalue weighted by Crippen LogP contribution is -2.27. The SMILES string of the molecule is Cc1n[nH]c(C)c1C(=O)NC(C)c1ccc(Cl)s1. The molecule has 2 aromatic heterocycles. The third kappa shape index (κ3) is 2.57. The van der Waals surface area contributed by atoms with Crippen molar-refractivity contribution in [3.8, 4) is 0 Å². The first-order chi connectivity index (χ1) is 8.49. The molecule has 96 valence electrons. The van der Waals surface area contributed by atoms with Crippen LogP contribution >= 0.6 is 22.9 Å². The number of aromatic nitrogens is 2. The fourth-order valence-corrected chi connectivity index (χ4v) is 2.85. The number of rotatable bonds is 3. The van der Waals surface area contributed by atoms with Crippen molar-refractivity contribution in [2.75, 3.05) is 0 Å². The highest BCUT2D eigenvalue weighted by Crippen LogP contribution is 2.27. The average Bonchev–Trinajstić information content (AvgIpc) is 2.85. The van der Waals surface area contributed by atoms with Crippen LogP contribution in [0.4, 0.5) is 0 Å². The Morgan fingerprint density at radius 1 is 1.50 bits per heavy atom. The minimum absolute atomic E-state index is 0.0660. The average molecular weight is 284 g/mol. The number of halogens is 1. The summed E-state index contributed by atoms with van der Waals surface area (Å²) in [5.74, 6) is -0.115. The number of nitrogens with zero attached hydrogens (tertiary/aromatic N) is 1. The van der Waals surface area contributed by atoms with E-state index in [1.807, 2.05) is 32.9 Å². The maximum atomic E-state index is 12.1. The fraction of sp³-hybridized carbons (Fsp3) is 0.333. The van der Waals surface area contributed by atoms with Crippen LogP contribution in [0.15, 0.2) is 12.1 Å². The van der Waals surface area contributed by atoms with Crippen molar-refractivity contribution in [1.82, 2.24) is 15.5 Å². The Bertz CT molecular complexity index is 556. The van der Waals surface area contributed by atoms with E-state index in [0.29, 0.717) is 11.3 Å². The Labute approximate surface area is 114 Å². The molecular formula is C12H14ClN3OS. The van der Waals surface area contributed by atoms with E-state index in [1.165, 1.54) is 11.3 Å². The van der Waals surface area contributed by atoms with Crippen molar-refractivity contribution in [3.63, 3.8) is 0 Å². The summed E-state index contributed by atoms with van der Waals surface area (Å²) in [6, 6.07) is 3.69. The smallest absolute Gasteiger partial charge is 0.255 e. The predicted molar refractivity (Wildman–Crippen MR) is 73.3 cm³/mol. The summed E-state index contributed by atoms with van der Waals surface area (Å²) >= 11 is 7.35. The van der Waals surface area contributed by atoms with E-state index in [4.69, 9.17) is 11.6 Å². The van der Waals surface area contributed by atoms with Gasteiger partial charge in [-0.15, -0.1) is 11.3 Å². The van der Waals surface area contributed by atoms with E-state index in [0.717, 1.165) is 14.9 Å². The van der Waals surface area contributed by atoms with Gasteiger partial charge in [-0.1, -0.05) is 11.6 Å². The number of aromatic amines is 1. The van der Waals surface area contributed by atoms with Crippen LogP contribution in [0.5, 0.6) is 0 Å². The summed E-state index contributed by atoms with van der Waals surface area (Å²) in [6.45, 7) is 5.58. The van der Waals surface area contributed by atoms with E-state index >= 15 is 0 Å². The first kappa shape index (κ1) is 13.1. The molecule has 0 radical (unpaired) electrons. The van der Waals surface area contributed by atoms with Crippen molar-refractivity contribution in [3.05, 3.63) is 38.3 Å². The first-order valence-electron chi connectivity index (χ1n) is 5.56. The van der Waals surface area contributed by atoms with Crippen molar-refractivity contribution in [1.29, 1.82) is 0 Å². The number of amides is 1. The number of thiophene rings is 1. The van der Waals surface area contributed by atoms with Crippen LogP contribution in [0.1, 0.15) is 39.6 Å². The maximum Gasteiger partial charge on any atom is 0.255 e. The quantitative estimate of drug-likeness (QED) is 0.908. The molecule has 2 aromatic rings. The van der Waals surface area contributed by atoms with Crippen LogP contribution in [-0.4, -0.2) is 16.1 Å². The number of aryl methyl sites for hydroxylation is 2. The Hall–Kier alpha value is -1.33. The number of carbonyl (C=O) groups excluding carboxylic acids is 1. The number of hydrogen-bond donors (Lipinski definition) is 2. The second-order valence-electron chi connectivity index (χ2n) is 4.15. The number of hydrogen-bond acceptors (Lipinski definition) is 3. The van der Waals surface area contributed by atoms with Crippen LogP contribution in [-0.2, 0) is 0 Å². The van der Waals surface area contributed by atoms with Gasteiger partial charge in [0.05, 0.1) is 21.6 Å². The van der Waals surface area contributed by atoms with Gasteiger partial charge in [0.2, 0.25) is 0 Å². The molecule has 0 bridgehead atoms. The van der Waals surface area contributed by atoms with Crippen LogP contribution in [0.2, 0.25) is 4.34 Å². The molecule has 1 unspecified atom stereocenters. The van der Waals surface area contributed by atoms with Gasteiger partial charge in [0.25, 0.3) is 5.91 Å². The molecule has 1 amide bonds. The Morgan fingerprint density at radius 3 is 2.72 bits per heavy atom. The Balaban J connectivity index is 2.13. The molecule has 0 aliphatic heterocycles. The zero-order valence-corrected chi connectivity index (χ0v) is 11.9. The second-order valence-corrected chi connectivity index (χ2v) is 5.89. The molecule has 2 heterocycles. The van der Waals surface area contributed by atoms with Gasteiger partial charge >= 0.3 is 0 Å². The van der Waals surface area contributed by atoms with Gasteiger partial charge in [0, 0.05) is 10.6 Å². The minimum atomic E-state index is -0.115. The Morgan fingerprint density at radius 2 is 2.22 bits per heavy atom. The summed E-state index contributed by atoms with van der Waals surface area (Å²) in [4.78, 5) is 13.2. The fourth-order valence-electron chi connectivity index (χ4n) is 1.79. The van der Waals surface area contributed by atoms with Crippen molar-refractivity contribution in [2.45, 2.75) is 26.8 Å². The molecular weight excluding hydrogens is 270 g/mol. The summed E-state index contributed by atoms with van der Waals surface area (Å²) in [5.41, 5.74) is 2.10. The van der Waals surface area contributed by atoms with Crippen LogP contribution in [0, 0.1) is 13.8 Å². The lowest BCUT2D eigenvalue weighted by Gasteiger charge is -2.12. The van der Waals surface area contributed by atoms with E-state index in [9.17, 15) is 4.79 Å². The largest absolute Gasteiger partial charge is 0.345 e. The monoisotopic (exact) mass is 283 g/mol. The van der Waals surface area contributed by atoms with Gasteiger partial charge in [-0.05, 0) is 32.9 Å². The normalized spacial score (nSPS) is 12.4.